The third-order valence-electron chi connectivity index (χ3n) is 4.92. The molecule has 2 aromatic carbocycles. The molecule has 4 rings (SSSR count). The number of hydrogen-bond donors (Lipinski definition) is 1. The van der Waals surface area contributed by atoms with Crippen molar-refractivity contribution in [1.82, 2.24) is 9.88 Å². The van der Waals surface area contributed by atoms with Crippen molar-refractivity contribution in [2.45, 2.75) is 12.8 Å². The highest BCUT2D eigenvalue weighted by Crippen LogP contribution is 2.31. The van der Waals surface area contributed by atoms with Crippen molar-refractivity contribution >= 4 is 58.5 Å². The van der Waals surface area contributed by atoms with Gasteiger partial charge in [0.05, 0.1) is 5.69 Å². The van der Waals surface area contributed by atoms with Crippen molar-refractivity contribution in [2.24, 2.45) is 0 Å². The lowest BCUT2D eigenvalue weighted by Gasteiger charge is -2.26. The molecule has 0 saturated carbocycles. The van der Waals surface area contributed by atoms with Crippen LogP contribution in [0.1, 0.15) is 16.9 Å². The van der Waals surface area contributed by atoms with Crippen LogP contribution in [0.5, 0.6) is 0 Å². The van der Waals surface area contributed by atoms with Crippen LogP contribution in [0.3, 0.4) is 0 Å². The first-order valence-corrected chi connectivity index (χ1v) is 10.4. The molecule has 1 aliphatic heterocycles. The first-order valence-electron chi connectivity index (χ1n) is 9.17. The maximum atomic E-state index is 6.01. The smallest absolute Gasteiger partial charge is 0.180 e. The number of nitrogen functional groups attached to an aromatic ring is 1. The topological polar surface area (TPSA) is 42.1 Å². The molecule has 0 bridgehead atoms. The van der Waals surface area contributed by atoms with E-state index in [0.717, 1.165) is 48.8 Å². The number of halogens is 3. The molecule has 29 heavy (non-hydrogen) atoms. The number of benzene rings is 2. The van der Waals surface area contributed by atoms with Crippen molar-refractivity contribution in [3.8, 4) is 11.3 Å². The van der Waals surface area contributed by atoms with Crippen LogP contribution in [0.4, 0.5) is 5.13 Å². The summed E-state index contributed by atoms with van der Waals surface area (Å²) in [5.41, 5.74) is 10.9. The van der Waals surface area contributed by atoms with E-state index in [1.807, 2.05) is 24.3 Å². The Morgan fingerprint density at radius 3 is 2.38 bits per heavy atom. The molecule has 0 saturated heterocycles. The second kappa shape index (κ2) is 11.0. The molecule has 2 N–H and O–H groups in total. The van der Waals surface area contributed by atoms with E-state index in [2.05, 4.69) is 46.3 Å². The number of anilines is 1. The molecule has 0 atom stereocenters. The third kappa shape index (κ3) is 5.97. The highest BCUT2D eigenvalue weighted by molar-refractivity contribution is 7.15. The molecule has 3 aromatic rings. The molecule has 1 aliphatic rings. The zero-order valence-electron chi connectivity index (χ0n) is 15.9. The maximum absolute atomic E-state index is 6.01. The van der Waals surface area contributed by atoms with Gasteiger partial charge in [0.2, 0.25) is 0 Å². The van der Waals surface area contributed by atoms with Crippen LogP contribution in [0.25, 0.3) is 16.8 Å². The van der Waals surface area contributed by atoms with Gasteiger partial charge in [-0.1, -0.05) is 60.1 Å². The fraction of sp³-hybridized carbons (Fsp3) is 0.227. The van der Waals surface area contributed by atoms with E-state index in [-0.39, 0.29) is 24.8 Å². The first kappa shape index (κ1) is 23.7. The Hall–Kier alpha value is -1.56. The minimum atomic E-state index is 0. The number of hydrogen-bond acceptors (Lipinski definition) is 4. The Morgan fingerprint density at radius 2 is 1.72 bits per heavy atom. The van der Waals surface area contributed by atoms with Crippen molar-refractivity contribution in [3.63, 3.8) is 0 Å². The molecule has 154 valence electrons. The van der Waals surface area contributed by atoms with Crippen LogP contribution in [0, 0.1) is 0 Å². The summed E-state index contributed by atoms with van der Waals surface area (Å²) in [6, 6.07) is 18.5. The number of nitrogens with two attached hydrogens (primary N) is 1. The monoisotopic (exact) mass is 467 g/mol. The van der Waals surface area contributed by atoms with Gasteiger partial charge >= 0.3 is 0 Å². The largest absolute Gasteiger partial charge is 0.375 e. The SMILES string of the molecule is Cl.Cl.Nc1nc(-c2ccc(Cl)cc2)c(CCN2CC=C(c3ccccc3)CC2)s1. The van der Waals surface area contributed by atoms with Crippen molar-refractivity contribution in [1.29, 1.82) is 0 Å². The van der Waals surface area contributed by atoms with E-state index < -0.39 is 0 Å². The van der Waals surface area contributed by atoms with E-state index >= 15 is 0 Å². The predicted octanol–water partition coefficient (Wildman–Crippen LogP) is 6.22. The molecular formula is C22H24Cl3N3S. The van der Waals surface area contributed by atoms with Gasteiger partial charge in [0, 0.05) is 35.1 Å². The molecule has 0 fully saturated rings. The fourth-order valence-electron chi connectivity index (χ4n) is 3.46. The zero-order valence-corrected chi connectivity index (χ0v) is 19.1. The quantitative estimate of drug-likeness (QED) is 0.483. The number of aromatic nitrogens is 1. The minimum Gasteiger partial charge on any atom is -0.375 e. The first-order chi connectivity index (χ1) is 13.2. The van der Waals surface area contributed by atoms with Gasteiger partial charge in [-0.15, -0.1) is 36.2 Å². The summed E-state index contributed by atoms with van der Waals surface area (Å²) in [7, 11) is 0. The third-order valence-corrected chi connectivity index (χ3v) is 6.12. The Labute approximate surface area is 193 Å². The van der Waals surface area contributed by atoms with Gasteiger partial charge in [-0.05, 0) is 36.1 Å². The molecule has 7 heteroatoms. The zero-order chi connectivity index (χ0) is 18.6. The lowest BCUT2D eigenvalue weighted by molar-refractivity contribution is 0.306. The summed E-state index contributed by atoms with van der Waals surface area (Å²) in [6.07, 6.45) is 4.42. The van der Waals surface area contributed by atoms with Gasteiger partial charge in [0.1, 0.15) is 0 Å². The minimum absolute atomic E-state index is 0. The van der Waals surface area contributed by atoms with Gasteiger partial charge in [-0.3, -0.25) is 4.90 Å². The van der Waals surface area contributed by atoms with Gasteiger partial charge in [-0.25, -0.2) is 4.98 Å². The summed E-state index contributed by atoms with van der Waals surface area (Å²) >= 11 is 7.60. The van der Waals surface area contributed by atoms with E-state index in [1.54, 1.807) is 11.3 Å². The van der Waals surface area contributed by atoms with Gasteiger partial charge in [0.25, 0.3) is 0 Å². The Morgan fingerprint density at radius 1 is 1.00 bits per heavy atom. The summed E-state index contributed by atoms with van der Waals surface area (Å²) in [6.45, 7) is 3.10. The highest BCUT2D eigenvalue weighted by atomic mass is 35.5. The second-order valence-electron chi connectivity index (χ2n) is 6.73. The molecule has 1 aromatic heterocycles. The van der Waals surface area contributed by atoms with E-state index in [9.17, 15) is 0 Å². The number of thiazole rings is 1. The lowest BCUT2D eigenvalue weighted by Crippen LogP contribution is -2.30. The predicted molar refractivity (Wildman–Crippen MR) is 131 cm³/mol. The van der Waals surface area contributed by atoms with Crippen molar-refractivity contribution in [2.75, 3.05) is 25.4 Å². The molecule has 0 unspecified atom stereocenters. The number of rotatable bonds is 5. The van der Waals surface area contributed by atoms with E-state index in [4.69, 9.17) is 17.3 Å². The molecule has 0 radical (unpaired) electrons. The summed E-state index contributed by atoms with van der Waals surface area (Å²) < 4.78 is 0. The summed E-state index contributed by atoms with van der Waals surface area (Å²) in [4.78, 5) is 8.29. The summed E-state index contributed by atoms with van der Waals surface area (Å²) in [5.74, 6) is 0. The molecule has 0 amide bonds. The average molecular weight is 469 g/mol. The Kier molecular flexibility index (Phi) is 9.00. The number of nitrogens with zero attached hydrogens (tertiary/aromatic N) is 2. The molecule has 2 heterocycles. The van der Waals surface area contributed by atoms with Crippen LogP contribution >= 0.6 is 47.8 Å². The molecule has 3 nitrogen and oxygen atoms in total. The maximum Gasteiger partial charge on any atom is 0.180 e. The molecular weight excluding hydrogens is 445 g/mol. The van der Waals surface area contributed by atoms with Gasteiger partial charge in [0.15, 0.2) is 5.13 Å². The van der Waals surface area contributed by atoms with E-state index in [1.165, 1.54) is 16.0 Å². The Balaban J connectivity index is 0.00000150. The average Bonchev–Trinajstić information content (AvgIpc) is 3.08. The van der Waals surface area contributed by atoms with Crippen LogP contribution in [0.2, 0.25) is 5.02 Å². The van der Waals surface area contributed by atoms with Gasteiger partial charge < -0.3 is 5.73 Å². The standard InChI is InChI=1S/C22H22ClN3S.2ClH/c23-19-8-6-18(7-9-19)21-20(27-22(24)25-21)12-15-26-13-10-17(11-14-26)16-4-2-1-3-5-16;;/h1-10H,11-15H2,(H2,24,25);2*1H. The van der Waals surface area contributed by atoms with Crippen LogP contribution in [0.15, 0.2) is 60.7 Å². The van der Waals surface area contributed by atoms with Crippen molar-refractivity contribution < 1.29 is 0 Å². The summed E-state index contributed by atoms with van der Waals surface area (Å²) in [5, 5.41) is 1.36. The van der Waals surface area contributed by atoms with E-state index in [0.29, 0.717) is 5.13 Å². The Bertz CT molecular complexity index is 940. The lowest BCUT2D eigenvalue weighted by atomic mass is 9.99. The normalized spacial score (nSPS) is 13.9. The van der Waals surface area contributed by atoms with Crippen molar-refractivity contribution in [3.05, 3.63) is 76.1 Å². The highest BCUT2D eigenvalue weighted by Gasteiger charge is 2.16. The molecule has 0 spiro atoms. The second-order valence-corrected chi connectivity index (χ2v) is 8.28. The fourth-order valence-corrected chi connectivity index (χ4v) is 4.43. The van der Waals surface area contributed by atoms with Crippen LogP contribution < -0.4 is 5.73 Å². The molecule has 0 aliphatic carbocycles. The van der Waals surface area contributed by atoms with Crippen LogP contribution in [-0.4, -0.2) is 29.5 Å². The van der Waals surface area contributed by atoms with Crippen LogP contribution in [-0.2, 0) is 6.42 Å². The van der Waals surface area contributed by atoms with Gasteiger partial charge in [-0.2, -0.15) is 0 Å².